The molecule has 0 saturated carbocycles. The lowest BCUT2D eigenvalue weighted by atomic mass is 10.1. The fourth-order valence-electron chi connectivity index (χ4n) is 3.85. The average Bonchev–Trinajstić information content (AvgIpc) is 3.45. The van der Waals surface area contributed by atoms with Gasteiger partial charge in [-0.15, -0.1) is 11.3 Å². The van der Waals surface area contributed by atoms with Crippen LogP contribution in [0.4, 0.5) is 5.69 Å². The summed E-state index contributed by atoms with van der Waals surface area (Å²) in [6.45, 7) is 1.36. The van der Waals surface area contributed by atoms with Crippen molar-refractivity contribution in [3.63, 3.8) is 0 Å². The summed E-state index contributed by atoms with van der Waals surface area (Å²) in [5.41, 5.74) is 8.37. The molecule has 3 N–H and O–H groups in total. The molecule has 1 unspecified atom stereocenters. The third kappa shape index (κ3) is 4.60. The summed E-state index contributed by atoms with van der Waals surface area (Å²) in [7, 11) is 1.61. The highest BCUT2D eigenvalue weighted by molar-refractivity contribution is 7.13. The summed E-state index contributed by atoms with van der Waals surface area (Å²) in [4.78, 5) is 31.2. The van der Waals surface area contributed by atoms with E-state index < -0.39 is 0 Å². The predicted molar refractivity (Wildman–Crippen MR) is 121 cm³/mol. The third-order valence-electron chi connectivity index (χ3n) is 5.41. The van der Waals surface area contributed by atoms with Crippen molar-refractivity contribution in [1.82, 2.24) is 9.88 Å². The highest BCUT2D eigenvalue weighted by Crippen LogP contribution is 2.32. The van der Waals surface area contributed by atoms with Gasteiger partial charge in [-0.05, 0) is 43.1 Å². The second kappa shape index (κ2) is 9.28. The number of carbonyl (C=O) groups is 2. The number of rotatable bonds is 7. The largest absolute Gasteiger partial charge is 0.496 e. The monoisotopic (exact) mass is 436 g/mol. The average molecular weight is 437 g/mol. The van der Waals surface area contributed by atoms with E-state index in [4.69, 9.17) is 10.5 Å². The molecule has 0 aliphatic carbocycles. The van der Waals surface area contributed by atoms with E-state index >= 15 is 0 Å². The Hall–Kier alpha value is -3.23. The van der Waals surface area contributed by atoms with Gasteiger partial charge in [-0.1, -0.05) is 30.3 Å². The molecule has 8 heteroatoms. The summed E-state index contributed by atoms with van der Waals surface area (Å²) in [5, 5.41) is 5.43. The van der Waals surface area contributed by atoms with Crippen LogP contribution in [0.5, 0.6) is 5.75 Å². The number of methoxy groups -OCH3 is 1. The van der Waals surface area contributed by atoms with Crippen molar-refractivity contribution in [2.75, 3.05) is 19.0 Å². The first-order valence-corrected chi connectivity index (χ1v) is 11.0. The van der Waals surface area contributed by atoms with Gasteiger partial charge in [-0.3, -0.25) is 14.5 Å². The lowest BCUT2D eigenvalue weighted by molar-refractivity contribution is -0.122. The summed E-state index contributed by atoms with van der Waals surface area (Å²) < 4.78 is 5.40. The number of anilines is 1. The molecule has 0 radical (unpaired) electrons. The zero-order valence-corrected chi connectivity index (χ0v) is 18.0. The molecule has 0 spiro atoms. The number of benzene rings is 2. The fourth-order valence-corrected chi connectivity index (χ4v) is 4.68. The number of hydrogen-bond acceptors (Lipinski definition) is 6. The second-order valence-corrected chi connectivity index (χ2v) is 8.24. The van der Waals surface area contributed by atoms with Gasteiger partial charge in [-0.25, -0.2) is 4.98 Å². The van der Waals surface area contributed by atoms with E-state index in [9.17, 15) is 9.59 Å². The minimum atomic E-state index is -0.301. The molecule has 2 amide bonds. The number of hydrogen-bond donors (Lipinski definition) is 2. The van der Waals surface area contributed by atoms with E-state index in [1.165, 1.54) is 11.3 Å². The maximum absolute atomic E-state index is 12.9. The van der Waals surface area contributed by atoms with Gasteiger partial charge in [0.25, 0.3) is 5.91 Å². The Morgan fingerprint density at radius 1 is 1.23 bits per heavy atom. The van der Waals surface area contributed by atoms with Crippen molar-refractivity contribution < 1.29 is 14.3 Å². The van der Waals surface area contributed by atoms with Gasteiger partial charge in [0.2, 0.25) is 5.91 Å². The third-order valence-corrected chi connectivity index (χ3v) is 6.28. The molecule has 1 aromatic heterocycles. The first-order valence-electron chi connectivity index (χ1n) is 10.1. The molecule has 1 saturated heterocycles. The van der Waals surface area contributed by atoms with Gasteiger partial charge in [-0.2, -0.15) is 0 Å². The Labute approximate surface area is 184 Å². The standard InChI is InChI=1S/C23H24N4O3S/c1-30-20-11-5-3-8-16(20)23-26-18(14-31-23)22(29)25-17-9-4-2-7-15(17)13-27-12-6-10-19(27)21(24)28/h2-5,7-9,11,14,19H,6,10,12-13H2,1H3,(H2,24,28)(H,25,29). The Bertz CT molecular complexity index is 1100. The molecule has 160 valence electrons. The van der Waals surface area contributed by atoms with Crippen LogP contribution < -0.4 is 15.8 Å². The number of primary amides is 1. The van der Waals surface area contributed by atoms with Gasteiger partial charge in [0, 0.05) is 17.6 Å². The number of amides is 2. The van der Waals surface area contributed by atoms with E-state index in [0.717, 1.165) is 35.5 Å². The van der Waals surface area contributed by atoms with Crippen LogP contribution in [0.3, 0.4) is 0 Å². The normalized spacial score (nSPS) is 16.2. The maximum Gasteiger partial charge on any atom is 0.275 e. The second-order valence-electron chi connectivity index (χ2n) is 7.38. The number of nitrogens with two attached hydrogens (primary N) is 1. The van der Waals surface area contributed by atoms with Crippen LogP contribution in [0, 0.1) is 0 Å². The number of thiazole rings is 1. The minimum Gasteiger partial charge on any atom is -0.496 e. The summed E-state index contributed by atoms with van der Waals surface area (Å²) in [6.07, 6.45) is 1.71. The van der Waals surface area contributed by atoms with Gasteiger partial charge >= 0.3 is 0 Å². The number of aromatic nitrogens is 1. The molecule has 2 heterocycles. The Morgan fingerprint density at radius 3 is 2.81 bits per heavy atom. The topological polar surface area (TPSA) is 97.6 Å². The van der Waals surface area contributed by atoms with Gasteiger partial charge < -0.3 is 15.8 Å². The number of nitrogens with zero attached hydrogens (tertiary/aromatic N) is 2. The molecule has 1 aliphatic heterocycles. The molecule has 1 atom stereocenters. The minimum absolute atomic E-state index is 0.259. The van der Waals surface area contributed by atoms with Crippen LogP contribution >= 0.6 is 11.3 Å². The van der Waals surface area contributed by atoms with Crippen molar-refractivity contribution in [2.45, 2.75) is 25.4 Å². The van der Waals surface area contributed by atoms with Crippen molar-refractivity contribution >= 4 is 28.8 Å². The lowest BCUT2D eigenvalue weighted by Crippen LogP contribution is -2.39. The van der Waals surface area contributed by atoms with Gasteiger partial charge in [0.05, 0.1) is 18.7 Å². The highest BCUT2D eigenvalue weighted by atomic mass is 32.1. The van der Waals surface area contributed by atoms with Crippen molar-refractivity contribution in [3.05, 3.63) is 65.2 Å². The molecule has 0 bridgehead atoms. The van der Waals surface area contributed by atoms with E-state index in [2.05, 4.69) is 15.2 Å². The molecule has 3 aromatic rings. The van der Waals surface area contributed by atoms with Crippen LogP contribution in [0.15, 0.2) is 53.9 Å². The molecule has 7 nitrogen and oxygen atoms in total. The molecular formula is C23H24N4O3S. The van der Waals surface area contributed by atoms with E-state index in [-0.39, 0.29) is 17.9 Å². The molecule has 1 aliphatic rings. The summed E-state index contributed by atoms with van der Waals surface area (Å²) in [5.74, 6) is 0.131. The van der Waals surface area contributed by atoms with Crippen molar-refractivity contribution in [1.29, 1.82) is 0 Å². The summed E-state index contributed by atoms with van der Waals surface area (Å²) in [6, 6.07) is 14.9. The SMILES string of the molecule is COc1ccccc1-c1nc(C(=O)Nc2ccccc2CN2CCCC2C(N)=O)cs1. The quantitative estimate of drug-likeness (QED) is 0.591. The first-order chi connectivity index (χ1) is 15.1. The van der Waals surface area contributed by atoms with E-state index in [1.807, 2.05) is 48.5 Å². The predicted octanol–water partition coefficient (Wildman–Crippen LogP) is 3.52. The van der Waals surface area contributed by atoms with Crippen molar-refractivity contribution in [3.8, 4) is 16.3 Å². The molecule has 4 rings (SSSR count). The molecule has 31 heavy (non-hydrogen) atoms. The fraction of sp³-hybridized carbons (Fsp3) is 0.261. The Morgan fingerprint density at radius 2 is 2.00 bits per heavy atom. The van der Waals surface area contributed by atoms with Crippen LogP contribution in [0.25, 0.3) is 10.6 Å². The number of para-hydroxylation sites is 2. The van der Waals surface area contributed by atoms with Crippen LogP contribution in [-0.2, 0) is 11.3 Å². The molecule has 1 fully saturated rings. The Balaban J connectivity index is 1.51. The Kier molecular flexibility index (Phi) is 6.29. The smallest absolute Gasteiger partial charge is 0.275 e. The maximum atomic E-state index is 12.9. The van der Waals surface area contributed by atoms with Gasteiger partial charge in [0.1, 0.15) is 16.5 Å². The van der Waals surface area contributed by atoms with E-state index in [0.29, 0.717) is 23.7 Å². The first kappa shape index (κ1) is 21.0. The molecular weight excluding hydrogens is 412 g/mol. The van der Waals surface area contributed by atoms with Crippen molar-refractivity contribution in [2.24, 2.45) is 5.73 Å². The highest BCUT2D eigenvalue weighted by Gasteiger charge is 2.29. The van der Waals surface area contributed by atoms with Crippen LogP contribution in [0.2, 0.25) is 0 Å². The van der Waals surface area contributed by atoms with E-state index in [1.54, 1.807) is 12.5 Å². The summed E-state index contributed by atoms with van der Waals surface area (Å²) >= 11 is 1.39. The number of nitrogens with one attached hydrogen (secondary N) is 1. The number of carbonyl (C=O) groups excluding carboxylic acids is 2. The lowest BCUT2D eigenvalue weighted by Gasteiger charge is -2.23. The number of ether oxygens (including phenoxy) is 1. The zero-order valence-electron chi connectivity index (χ0n) is 17.2. The number of likely N-dealkylation sites (tertiary alicyclic amines) is 1. The molecule has 2 aromatic carbocycles. The van der Waals surface area contributed by atoms with Gasteiger partial charge in [0.15, 0.2) is 0 Å². The van der Waals surface area contributed by atoms with Crippen LogP contribution in [-0.4, -0.2) is 41.4 Å². The van der Waals surface area contributed by atoms with Crippen LogP contribution in [0.1, 0.15) is 28.9 Å². The zero-order chi connectivity index (χ0) is 21.8.